The number of aliphatic hydroxyl groups excluding tert-OH is 1. The molecule has 0 spiro atoms. The van der Waals surface area contributed by atoms with Crippen molar-refractivity contribution in [3.63, 3.8) is 0 Å². The van der Waals surface area contributed by atoms with Crippen LogP contribution in [0.2, 0.25) is 0 Å². The van der Waals surface area contributed by atoms with Gasteiger partial charge in [-0.1, -0.05) is 26.0 Å². The molecule has 2 aliphatic heterocycles. The smallest absolute Gasteiger partial charge is 0.331 e. The number of pyridine rings is 1. The van der Waals surface area contributed by atoms with Gasteiger partial charge < -0.3 is 24.4 Å². The Balaban J connectivity index is 1.30. The number of hydrogen-bond acceptors (Lipinski definition) is 7. The highest BCUT2D eigenvalue weighted by Crippen LogP contribution is 2.32. The topological polar surface area (TPSA) is 92.2 Å². The van der Waals surface area contributed by atoms with E-state index in [9.17, 15) is 19.1 Å². The first-order valence-electron chi connectivity index (χ1n) is 14.3. The van der Waals surface area contributed by atoms with Gasteiger partial charge in [-0.15, -0.1) is 0 Å². The first kappa shape index (κ1) is 29.9. The first-order valence-corrected chi connectivity index (χ1v) is 14.3. The molecule has 1 N–H and O–H groups in total. The molecule has 1 aromatic carbocycles. The summed E-state index contributed by atoms with van der Waals surface area (Å²) in [6.07, 6.45) is 4.16. The first-order chi connectivity index (χ1) is 19.1. The Kier molecular flexibility index (Phi) is 9.46. The van der Waals surface area contributed by atoms with E-state index < -0.39 is 23.3 Å². The van der Waals surface area contributed by atoms with Gasteiger partial charge in [0.05, 0.1) is 31.7 Å². The summed E-state index contributed by atoms with van der Waals surface area (Å²) in [6.45, 7) is 8.46. The van der Waals surface area contributed by atoms with Gasteiger partial charge in [0.25, 0.3) is 5.91 Å². The van der Waals surface area contributed by atoms with Gasteiger partial charge in [0, 0.05) is 30.6 Å². The van der Waals surface area contributed by atoms with Crippen LogP contribution in [0.25, 0.3) is 11.3 Å². The van der Waals surface area contributed by atoms with Gasteiger partial charge in [-0.05, 0) is 75.9 Å². The summed E-state index contributed by atoms with van der Waals surface area (Å²) >= 11 is 0. The van der Waals surface area contributed by atoms with Crippen molar-refractivity contribution in [2.24, 2.45) is 5.92 Å². The lowest BCUT2D eigenvalue weighted by atomic mass is 9.94. The molecule has 0 saturated carbocycles. The fourth-order valence-corrected chi connectivity index (χ4v) is 5.74. The van der Waals surface area contributed by atoms with E-state index in [1.54, 1.807) is 25.3 Å². The van der Waals surface area contributed by atoms with Crippen LogP contribution in [0.3, 0.4) is 0 Å². The van der Waals surface area contributed by atoms with Crippen molar-refractivity contribution in [1.29, 1.82) is 0 Å². The summed E-state index contributed by atoms with van der Waals surface area (Å²) < 4.78 is 25.6. The highest BCUT2D eigenvalue weighted by Gasteiger charge is 2.50. The number of rotatable bonds is 10. The minimum absolute atomic E-state index is 0.0738. The molecule has 0 aliphatic carbocycles. The van der Waals surface area contributed by atoms with Gasteiger partial charge in [-0.3, -0.25) is 9.78 Å². The Hall–Kier alpha value is -3.04. The molecule has 2 atom stereocenters. The highest BCUT2D eigenvalue weighted by molar-refractivity contribution is 5.99. The van der Waals surface area contributed by atoms with Crippen LogP contribution in [0.4, 0.5) is 4.39 Å². The number of esters is 1. The average molecular weight is 556 g/mol. The number of alkyl halides is 1. The van der Waals surface area contributed by atoms with E-state index in [0.29, 0.717) is 43.2 Å². The number of carbonyl (C=O) groups is 2. The molecule has 40 heavy (non-hydrogen) atoms. The van der Waals surface area contributed by atoms with Crippen LogP contribution >= 0.6 is 0 Å². The lowest BCUT2D eigenvalue weighted by Gasteiger charge is -2.36. The fourth-order valence-electron chi connectivity index (χ4n) is 5.74. The second-order valence-corrected chi connectivity index (χ2v) is 11.4. The van der Waals surface area contributed by atoms with Gasteiger partial charge in [0.1, 0.15) is 17.0 Å². The zero-order valence-electron chi connectivity index (χ0n) is 24.1. The van der Waals surface area contributed by atoms with Gasteiger partial charge in [-0.2, -0.15) is 0 Å². The van der Waals surface area contributed by atoms with Crippen LogP contribution in [0, 0.1) is 5.92 Å². The molecule has 1 aromatic heterocycles. The summed E-state index contributed by atoms with van der Waals surface area (Å²) in [5.41, 5.74) is -0.285. The summed E-state index contributed by atoms with van der Waals surface area (Å²) in [5.74, 6) is 0.263. The van der Waals surface area contributed by atoms with Gasteiger partial charge in [0.2, 0.25) is 0 Å². The van der Waals surface area contributed by atoms with Crippen LogP contribution in [0.5, 0.6) is 5.75 Å². The van der Waals surface area contributed by atoms with Crippen molar-refractivity contribution >= 4 is 11.9 Å². The Morgan fingerprint density at radius 3 is 2.38 bits per heavy atom. The third kappa shape index (κ3) is 6.63. The normalized spacial score (nSPS) is 22.4. The molecule has 2 aromatic rings. The van der Waals surface area contributed by atoms with Gasteiger partial charge >= 0.3 is 5.97 Å². The minimum Gasteiger partial charge on any atom is -0.492 e. The molecule has 0 unspecified atom stereocenters. The molecular formula is C31H42FN3O5. The predicted octanol–water partition coefficient (Wildman–Crippen LogP) is 4.51. The highest BCUT2D eigenvalue weighted by atomic mass is 19.1. The molecule has 218 valence electrons. The molecule has 4 rings (SSSR count). The van der Waals surface area contributed by atoms with Crippen molar-refractivity contribution < 1.29 is 28.6 Å². The zero-order valence-corrected chi connectivity index (χ0v) is 24.1. The van der Waals surface area contributed by atoms with E-state index in [4.69, 9.17) is 9.47 Å². The van der Waals surface area contributed by atoms with Crippen LogP contribution in [0.1, 0.15) is 63.2 Å². The van der Waals surface area contributed by atoms with E-state index in [2.05, 4.69) is 9.88 Å². The number of benzene rings is 1. The van der Waals surface area contributed by atoms with E-state index in [1.165, 1.54) is 12.0 Å². The second-order valence-electron chi connectivity index (χ2n) is 11.4. The largest absolute Gasteiger partial charge is 0.492 e. The number of carbonyl (C=O) groups excluding carboxylic acids is 2. The summed E-state index contributed by atoms with van der Waals surface area (Å²) in [6, 6.07) is 10.8. The SMILES string of the molecule is CCC(F)(CC)CN1CCC(COc2ccc(-c3ccc(C(=O)N4C[C@H](O)C[C@@]4(C)C(=O)OC)cc3)nc2)CC1. The molecule has 2 aliphatic rings. The minimum atomic E-state index is -1.21. The molecule has 3 heterocycles. The van der Waals surface area contributed by atoms with Crippen LogP contribution < -0.4 is 4.74 Å². The lowest BCUT2D eigenvalue weighted by molar-refractivity contribution is -0.151. The number of likely N-dealkylation sites (tertiary alicyclic amines) is 2. The molecule has 2 fully saturated rings. The molecule has 0 radical (unpaired) electrons. The number of ether oxygens (including phenoxy) is 2. The van der Waals surface area contributed by atoms with Crippen LogP contribution in [-0.4, -0.2) is 89.0 Å². The number of aliphatic hydroxyl groups is 1. The van der Waals surface area contributed by atoms with Crippen molar-refractivity contribution in [3.05, 3.63) is 48.2 Å². The second kappa shape index (κ2) is 12.6. The number of amides is 1. The molecule has 2 saturated heterocycles. The predicted molar refractivity (Wildman–Crippen MR) is 151 cm³/mol. The Labute approximate surface area is 236 Å². The zero-order chi connectivity index (χ0) is 28.9. The van der Waals surface area contributed by atoms with E-state index >= 15 is 0 Å². The molecule has 8 nitrogen and oxygen atoms in total. The molecule has 0 bridgehead atoms. The van der Waals surface area contributed by atoms with E-state index in [1.807, 2.05) is 38.1 Å². The van der Waals surface area contributed by atoms with Crippen molar-refractivity contribution in [3.8, 4) is 17.0 Å². The number of β-amino-alcohol motifs (C(OH)–C–C–N with tert-alkyl or cyclic N) is 1. The van der Waals surface area contributed by atoms with E-state index in [0.717, 1.165) is 37.2 Å². The third-order valence-corrected chi connectivity index (χ3v) is 8.62. The molecule has 1 amide bonds. The number of piperidine rings is 1. The van der Waals surface area contributed by atoms with Gasteiger partial charge in [0.15, 0.2) is 0 Å². The van der Waals surface area contributed by atoms with Crippen LogP contribution in [-0.2, 0) is 9.53 Å². The average Bonchev–Trinajstić information content (AvgIpc) is 3.31. The summed E-state index contributed by atoms with van der Waals surface area (Å²) in [5, 5.41) is 10.1. The maximum absolute atomic E-state index is 14.7. The van der Waals surface area contributed by atoms with E-state index in [-0.39, 0.29) is 18.9 Å². The van der Waals surface area contributed by atoms with Crippen molar-refractivity contribution in [2.45, 2.75) is 70.2 Å². The maximum Gasteiger partial charge on any atom is 0.331 e. The fraction of sp³-hybridized carbons (Fsp3) is 0.581. The van der Waals surface area contributed by atoms with Crippen LogP contribution in [0.15, 0.2) is 42.6 Å². The quantitative estimate of drug-likeness (QED) is 0.432. The Bertz CT molecular complexity index is 1150. The molecule has 9 heteroatoms. The Morgan fingerprint density at radius 1 is 1.12 bits per heavy atom. The summed E-state index contributed by atoms with van der Waals surface area (Å²) in [7, 11) is 1.28. The molecular weight excluding hydrogens is 513 g/mol. The number of hydrogen-bond donors (Lipinski definition) is 1. The number of nitrogens with zero attached hydrogens (tertiary/aromatic N) is 3. The summed E-state index contributed by atoms with van der Waals surface area (Å²) in [4.78, 5) is 33.7. The van der Waals surface area contributed by atoms with Crippen molar-refractivity contribution in [2.75, 3.05) is 39.9 Å². The number of methoxy groups -OCH3 is 1. The third-order valence-electron chi connectivity index (χ3n) is 8.62. The lowest BCUT2D eigenvalue weighted by Crippen LogP contribution is -2.51. The monoisotopic (exact) mass is 555 g/mol. The van der Waals surface area contributed by atoms with Gasteiger partial charge in [-0.25, -0.2) is 9.18 Å². The maximum atomic E-state index is 14.7. The Morgan fingerprint density at radius 2 is 1.80 bits per heavy atom. The number of halogens is 1. The standard InChI is InChI=1S/C31H42FN3O5/c1-5-31(32,6-2)21-34-15-13-22(14-16-34)20-40-26-11-12-27(33-18-26)23-7-9-24(10-8-23)28(37)35-19-25(36)17-30(35,3)29(38)39-4/h7-12,18,22,25,36H,5-6,13-17,19-21H2,1-4H3/t25-,30+/m1/s1. The van der Waals surface area contributed by atoms with Crippen molar-refractivity contribution in [1.82, 2.24) is 14.8 Å². The number of aromatic nitrogens is 1.